The van der Waals surface area contributed by atoms with Crippen molar-refractivity contribution >= 4 is 27.5 Å². The monoisotopic (exact) mass is 382 g/mol. The highest BCUT2D eigenvalue weighted by atomic mass is 32.2. The molecule has 0 aliphatic carbocycles. The Labute approximate surface area is 152 Å². The molecular formula is C16H22N4O3S2. The highest BCUT2D eigenvalue weighted by molar-refractivity contribution is 7.99. The van der Waals surface area contributed by atoms with Crippen LogP contribution in [0.4, 0.5) is 5.95 Å². The average Bonchev–Trinajstić information content (AvgIpc) is 3.01. The summed E-state index contributed by atoms with van der Waals surface area (Å²) in [6, 6.07) is 8.58. The summed E-state index contributed by atoms with van der Waals surface area (Å²) in [6.07, 6.45) is 0.571. The molecule has 3 rings (SSSR count). The lowest BCUT2D eigenvalue weighted by Crippen LogP contribution is -2.37. The zero-order valence-corrected chi connectivity index (χ0v) is 15.8. The molecule has 1 aliphatic heterocycles. The fourth-order valence-electron chi connectivity index (χ4n) is 2.63. The summed E-state index contributed by atoms with van der Waals surface area (Å²) in [6.45, 7) is 3.03. The van der Waals surface area contributed by atoms with Crippen LogP contribution in [0.15, 0.2) is 40.4 Å². The maximum atomic E-state index is 12.3. The number of hydrogen-bond donors (Lipinski definition) is 0. The Hall–Kier alpha value is -1.58. The summed E-state index contributed by atoms with van der Waals surface area (Å²) < 4.78 is 31.8. The molecule has 9 heteroatoms. The molecule has 2 aromatic rings. The first-order valence-corrected chi connectivity index (χ1v) is 10.8. The Bertz CT molecular complexity index is 787. The Balaban J connectivity index is 1.52. The Morgan fingerprint density at radius 2 is 1.88 bits per heavy atom. The molecule has 7 nitrogen and oxygen atoms in total. The van der Waals surface area contributed by atoms with E-state index in [9.17, 15) is 8.42 Å². The number of anilines is 1. The second-order valence-electron chi connectivity index (χ2n) is 5.77. The fourth-order valence-corrected chi connectivity index (χ4v) is 4.99. The smallest absolute Gasteiger partial charge is 0.227 e. The first kappa shape index (κ1) is 18.2. The third-order valence-electron chi connectivity index (χ3n) is 4.00. The number of hydrogen-bond acceptors (Lipinski definition) is 7. The molecule has 25 heavy (non-hydrogen) atoms. The van der Waals surface area contributed by atoms with Crippen LogP contribution in [0.25, 0.3) is 0 Å². The second kappa shape index (κ2) is 8.20. The molecule has 136 valence electrons. The van der Waals surface area contributed by atoms with Crippen LogP contribution in [0.1, 0.15) is 6.42 Å². The lowest BCUT2D eigenvalue weighted by Gasteiger charge is -2.27. The van der Waals surface area contributed by atoms with E-state index >= 15 is 0 Å². The van der Waals surface area contributed by atoms with Crippen LogP contribution in [0.2, 0.25) is 0 Å². The molecule has 0 atom stereocenters. The van der Waals surface area contributed by atoms with Crippen LogP contribution in [0.5, 0.6) is 0 Å². The van der Waals surface area contributed by atoms with Crippen molar-refractivity contribution in [2.75, 3.05) is 42.7 Å². The van der Waals surface area contributed by atoms with E-state index in [0.29, 0.717) is 30.3 Å². The molecule has 0 saturated carbocycles. The lowest BCUT2D eigenvalue weighted by molar-refractivity contribution is 0.121. The molecule has 0 amide bonds. The summed E-state index contributed by atoms with van der Waals surface area (Å²) in [5, 5.41) is 9.29. The van der Waals surface area contributed by atoms with Gasteiger partial charge in [-0.3, -0.25) is 4.57 Å². The number of sulfone groups is 1. The zero-order valence-electron chi connectivity index (χ0n) is 14.2. The summed E-state index contributed by atoms with van der Waals surface area (Å²) in [7, 11) is -1.28. The van der Waals surface area contributed by atoms with E-state index < -0.39 is 9.84 Å². The van der Waals surface area contributed by atoms with Gasteiger partial charge in [0.15, 0.2) is 15.0 Å². The van der Waals surface area contributed by atoms with Gasteiger partial charge in [0.25, 0.3) is 0 Å². The third-order valence-corrected chi connectivity index (χ3v) is 6.92. The third kappa shape index (κ3) is 4.53. The molecule has 1 aliphatic rings. The van der Waals surface area contributed by atoms with E-state index in [0.717, 1.165) is 24.2 Å². The number of rotatable bonds is 7. The maximum absolute atomic E-state index is 12.3. The molecule has 2 heterocycles. The van der Waals surface area contributed by atoms with Crippen molar-refractivity contribution in [3.05, 3.63) is 30.3 Å². The van der Waals surface area contributed by atoms with E-state index in [-0.39, 0.29) is 5.75 Å². The van der Waals surface area contributed by atoms with Gasteiger partial charge in [-0.2, -0.15) is 0 Å². The Morgan fingerprint density at radius 3 is 2.60 bits per heavy atom. The van der Waals surface area contributed by atoms with Gasteiger partial charge in [0.1, 0.15) is 0 Å². The van der Waals surface area contributed by atoms with Crippen LogP contribution < -0.4 is 4.90 Å². The van der Waals surface area contributed by atoms with Crippen molar-refractivity contribution in [2.24, 2.45) is 7.05 Å². The highest BCUT2D eigenvalue weighted by Gasteiger charge is 2.19. The molecule has 0 spiro atoms. The van der Waals surface area contributed by atoms with Gasteiger partial charge in [-0.25, -0.2) is 8.42 Å². The van der Waals surface area contributed by atoms with Gasteiger partial charge >= 0.3 is 0 Å². The standard InChI is InChI=1S/C16H22N4O3S2/c1-19-15(20-8-10-23-11-9-20)17-18-16(19)24-12-5-13-25(21,22)14-6-3-2-4-7-14/h2-4,6-7H,5,8-13H2,1H3. The van der Waals surface area contributed by atoms with Crippen molar-refractivity contribution in [2.45, 2.75) is 16.5 Å². The minimum Gasteiger partial charge on any atom is -0.378 e. The number of morpholine rings is 1. The summed E-state index contributed by atoms with van der Waals surface area (Å²) >= 11 is 1.53. The topological polar surface area (TPSA) is 77.3 Å². The number of ether oxygens (including phenoxy) is 1. The zero-order chi connectivity index (χ0) is 17.7. The van der Waals surface area contributed by atoms with Crippen LogP contribution in [-0.4, -0.2) is 61.0 Å². The molecular weight excluding hydrogens is 360 g/mol. The number of nitrogens with zero attached hydrogens (tertiary/aromatic N) is 4. The number of thioether (sulfide) groups is 1. The van der Waals surface area contributed by atoms with Crippen molar-refractivity contribution in [3.63, 3.8) is 0 Å². The van der Waals surface area contributed by atoms with Gasteiger partial charge in [-0.05, 0) is 18.6 Å². The quantitative estimate of drug-likeness (QED) is 0.532. The second-order valence-corrected chi connectivity index (χ2v) is 8.95. The molecule has 0 radical (unpaired) electrons. The van der Waals surface area contributed by atoms with Gasteiger partial charge in [0, 0.05) is 25.9 Å². The lowest BCUT2D eigenvalue weighted by atomic mass is 10.4. The minimum absolute atomic E-state index is 0.137. The van der Waals surface area contributed by atoms with Gasteiger partial charge in [0.05, 0.1) is 23.9 Å². The molecule has 1 aromatic carbocycles. The van der Waals surface area contributed by atoms with Crippen molar-refractivity contribution in [3.8, 4) is 0 Å². The predicted molar refractivity (Wildman–Crippen MR) is 97.9 cm³/mol. The summed E-state index contributed by atoms with van der Waals surface area (Å²) in [5.74, 6) is 1.65. The van der Waals surface area contributed by atoms with Crippen molar-refractivity contribution < 1.29 is 13.2 Å². The normalized spacial score (nSPS) is 15.5. The molecule has 1 saturated heterocycles. The highest BCUT2D eigenvalue weighted by Crippen LogP contribution is 2.22. The first-order valence-electron chi connectivity index (χ1n) is 8.20. The van der Waals surface area contributed by atoms with Crippen LogP contribution in [0, 0.1) is 0 Å². The maximum Gasteiger partial charge on any atom is 0.227 e. The minimum atomic E-state index is -3.22. The SMILES string of the molecule is Cn1c(SCCCS(=O)(=O)c2ccccc2)nnc1N1CCOCC1. The Morgan fingerprint density at radius 1 is 1.16 bits per heavy atom. The molecule has 0 unspecified atom stereocenters. The van der Waals surface area contributed by atoms with Crippen LogP contribution in [-0.2, 0) is 21.6 Å². The first-order chi connectivity index (χ1) is 12.1. The number of aromatic nitrogens is 3. The van der Waals surface area contributed by atoms with Gasteiger partial charge in [0.2, 0.25) is 5.95 Å². The van der Waals surface area contributed by atoms with E-state index in [4.69, 9.17) is 4.74 Å². The van der Waals surface area contributed by atoms with Crippen LogP contribution in [0.3, 0.4) is 0 Å². The molecule has 0 bridgehead atoms. The largest absolute Gasteiger partial charge is 0.378 e. The summed E-state index contributed by atoms with van der Waals surface area (Å²) in [5.41, 5.74) is 0. The molecule has 1 aromatic heterocycles. The van der Waals surface area contributed by atoms with E-state index in [1.165, 1.54) is 11.8 Å². The van der Waals surface area contributed by atoms with Gasteiger partial charge in [-0.15, -0.1) is 10.2 Å². The van der Waals surface area contributed by atoms with E-state index in [1.807, 2.05) is 17.7 Å². The van der Waals surface area contributed by atoms with Crippen LogP contribution >= 0.6 is 11.8 Å². The number of benzene rings is 1. The average molecular weight is 383 g/mol. The molecule has 1 fully saturated rings. The predicted octanol–water partition coefficient (Wildman–Crippen LogP) is 1.61. The van der Waals surface area contributed by atoms with Gasteiger partial charge < -0.3 is 9.64 Å². The van der Waals surface area contributed by atoms with Crippen molar-refractivity contribution in [1.82, 2.24) is 14.8 Å². The van der Waals surface area contributed by atoms with E-state index in [2.05, 4.69) is 15.1 Å². The fraction of sp³-hybridized carbons (Fsp3) is 0.500. The van der Waals surface area contributed by atoms with Gasteiger partial charge in [-0.1, -0.05) is 30.0 Å². The molecule has 0 N–H and O–H groups in total. The van der Waals surface area contributed by atoms with E-state index in [1.54, 1.807) is 24.3 Å². The van der Waals surface area contributed by atoms with Crippen molar-refractivity contribution in [1.29, 1.82) is 0 Å². The summed E-state index contributed by atoms with van der Waals surface area (Å²) in [4.78, 5) is 2.54. The Kier molecular flexibility index (Phi) is 5.98.